The SMILES string of the molecule is COc1cccc2sc3cc(-c4ccc(CN5CCOCC5)cc4)ccc3c(=O)c12. The Morgan fingerprint density at radius 1 is 0.967 bits per heavy atom. The average molecular weight is 418 g/mol. The van der Waals surface area contributed by atoms with Crippen LogP contribution in [0.3, 0.4) is 0 Å². The predicted molar refractivity (Wildman–Crippen MR) is 124 cm³/mol. The molecule has 0 radical (unpaired) electrons. The summed E-state index contributed by atoms with van der Waals surface area (Å²) in [5.41, 5.74) is 3.62. The summed E-state index contributed by atoms with van der Waals surface area (Å²) in [5, 5.41) is 1.41. The van der Waals surface area contributed by atoms with Crippen molar-refractivity contribution in [2.24, 2.45) is 0 Å². The van der Waals surface area contributed by atoms with E-state index in [0.29, 0.717) is 11.1 Å². The summed E-state index contributed by atoms with van der Waals surface area (Å²) < 4.78 is 12.8. The maximum Gasteiger partial charge on any atom is 0.199 e. The maximum atomic E-state index is 13.1. The Labute approximate surface area is 179 Å². The third-order valence-corrected chi connectivity index (χ3v) is 6.80. The zero-order valence-corrected chi connectivity index (χ0v) is 17.7. The van der Waals surface area contributed by atoms with Gasteiger partial charge in [-0.3, -0.25) is 9.69 Å². The first-order chi connectivity index (χ1) is 14.7. The molecular weight excluding hydrogens is 394 g/mol. The second kappa shape index (κ2) is 8.19. The van der Waals surface area contributed by atoms with Crippen LogP contribution in [0.1, 0.15) is 5.56 Å². The second-order valence-corrected chi connectivity index (χ2v) is 8.64. The van der Waals surface area contributed by atoms with Crippen LogP contribution in [0.2, 0.25) is 0 Å². The molecule has 0 amide bonds. The normalized spacial score (nSPS) is 15.0. The van der Waals surface area contributed by atoms with Gasteiger partial charge in [0.1, 0.15) is 5.75 Å². The van der Waals surface area contributed by atoms with E-state index >= 15 is 0 Å². The Kier molecular flexibility index (Phi) is 5.25. The van der Waals surface area contributed by atoms with E-state index in [1.54, 1.807) is 18.4 Å². The fraction of sp³-hybridized carbons (Fsp3) is 0.240. The van der Waals surface area contributed by atoms with E-state index in [0.717, 1.165) is 58.8 Å². The van der Waals surface area contributed by atoms with Gasteiger partial charge in [-0.05, 0) is 41.0 Å². The number of ether oxygens (including phenoxy) is 2. The Morgan fingerprint density at radius 2 is 1.73 bits per heavy atom. The smallest absolute Gasteiger partial charge is 0.199 e. The number of rotatable bonds is 4. The molecule has 0 spiro atoms. The number of methoxy groups -OCH3 is 1. The van der Waals surface area contributed by atoms with Crippen LogP contribution in [0, 0.1) is 0 Å². The molecule has 0 aliphatic carbocycles. The fourth-order valence-electron chi connectivity index (χ4n) is 4.04. The van der Waals surface area contributed by atoms with Crippen molar-refractivity contribution < 1.29 is 9.47 Å². The quantitative estimate of drug-likeness (QED) is 0.442. The molecular formula is C25H23NO3S. The first kappa shape index (κ1) is 19.2. The molecule has 4 nitrogen and oxygen atoms in total. The molecule has 1 saturated heterocycles. The van der Waals surface area contributed by atoms with Gasteiger partial charge in [-0.2, -0.15) is 0 Å². The molecule has 4 aromatic rings. The van der Waals surface area contributed by atoms with Crippen molar-refractivity contribution in [3.05, 3.63) is 76.5 Å². The lowest BCUT2D eigenvalue weighted by molar-refractivity contribution is 0.0342. The van der Waals surface area contributed by atoms with Crippen LogP contribution in [-0.4, -0.2) is 38.3 Å². The summed E-state index contributed by atoms with van der Waals surface area (Å²) >= 11 is 1.63. The van der Waals surface area contributed by atoms with E-state index in [1.165, 1.54) is 5.56 Å². The van der Waals surface area contributed by atoms with Crippen LogP contribution in [0.15, 0.2) is 65.5 Å². The Bertz CT molecular complexity index is 1260. The summed E-state index contributed by atoms with van der Waals surface area (Å²) in [6, 6.07) is 20.6. The molecule has 5 heteroatoms. The Morgan fingerprint density at radius 3 is 2.50 bits per heavy atom. The number of benzene rings is 3. The zero-order valence-electron chi connectivity index (χ0n) is 16.9. The van der Waals surface area contributed by atoms with E-state index in [4.69, 9.17) is 9.47 Å². The molecule has 3 aromatic carbocycles. The number of hydrogen-bond acceptors (Lipinski definition) is 5. The number of hydrogen-bond donors (Lipinski definition) is 0. The average Bonchev–Trinajstić information content (AvgIpc) is 2.79. The number of fused-ring (bicyclic) bond motifs is 2. The summed E-state index contributed by atoms with van der Waals surface area (Å²) in [6.07, 6.45) is 0. The molecule has 2 heterocycles. The summed E-state index contributed by atoms with van der Waals surface area (Å²) in [6.45, 7) is 4.57. The maximum absolute atomic E-state index is 13.1. The lowest BCUT2D eigenvalue weighted by atomic mass is 10.0. The molecule has 1 aromatic heterocycles. The predicted octanol–water partition coefficient (Wildman–Crippen LogP) is 4.92. The van der Waals surface area contributed by atoms with Crippen LogP contribution >= 0.6 is 11.3 Å². The van der Waals surface area contributed by atoms with Crippen molar-refractivity contribution in [2.45, 2.75) is 6.54 Å². The minimum absolute atomic E-state index is 0.0311. The van der Waals surface area contributed by atoms with Gasteiger partial charge in [0, 0.05) is 34.4 Å². The van der Waals surface area contributed by atoms with Gasteiger partial charge in [-0.25, -0.2) is 0 Å². The van der Waals surface area contributed by atoms with Gasteiger partial charge in [0.15, 0.2) is 5.43 Å². The van der Waals surface area contributed by atoms with Gasteiger partial charge in [-0.1, -0.05) is 36.4 Å². The van der Waals surface area contributed by atoms with Gasteiger partial charge in [0.05, 0.1) is 25.7 Å². The van der Waals surface area contributed by atoms with Crippen molar-refractivity contribution in [2.75, 3.05) is 33.4 Å². The lowest BCUT2D eigenvalue weighted by Gasteiger charge is -2.26. The molecule has 0 N–H and O–H groups in total. The third-order valence-electron chi connectivity index (χ3n) is 5.68. The summed E-state index contributed by atoms with van der Waals surface area (Å²) in [4.78, 5) is 15.5. The van der Waals surface area contributed by atoms with E-state index in [-0.39, 0.29) is 5.43 Å². The molecule has 30 heavy (non-hydrogen) atoms. The fourth-order valence-corrected chi connectivity index (χ4v) is 5.17. The molecule has 1 aliphatic rings. The van der Waals surface area contributed by atoms with E-state index in [9.17, 15) is 4.79 Å². The van der Waals surface area contributed by atoms with Gasteiger partial charge < -0.3 is 9.47 Å². The van der Waals surface area contributed by atoms with Gasteiger partial charge >= 0.3 is 0 Å². The van der Waals surface area contributed by atoms with Crippen molar-refractivity contribution >= 4 is 31.5 Å². The second-order valence-electron chi connectivity index (χ2n) is 7.56. The van der Waals surface area contributed by atoms with Crippen molar-refractivity contribution in [3.63, 3.8) is 0 Å². The molecule has 5 rings (SSSR count). The molecule has 0 atom stereocenters. The minimum Gasteiger partial charge on any atom is -0.496 e. The van der Waals surface area contributed by atoms with Gasteiger partial charge in [0.25, 0.3) is 0 Å². The molecule has 1 fully saturated rings. The summed E-state index contributed by atoms with van der Waals surface area (Å²) in [5.74, 6) is 0.635. The topological polar surface area (TPSA) is 38.8 Å². The van der Waals surface area contributed by atoms with Gasteiger partial charge in [-0.15, -0.1) is 11.3 Å². The van der Waals surface area contributed by atoms with Crippen LogP contribution in [-0.2, 0) is 11.3 Å². The van der Waals surface area contributed by atoms with Crippen LogP contribution in [0.4, 0.5) is 0 Å². The Balaban J connectivity index is 1.49. The van der Waals surface area contributed by atoms with Gasteiger partial charge in [0.2, 0.25) is 0 Å². The van der Waals surface area contributed by atoms with E-state index < -0.39 is 0 Å². The monoisotopic (exact) mass is 417 g/mol. The van der Waals surface area contributed by atoms with Crippen molar-refractivity contribution in [1.29, 1.82) is 0 Å². The highest BCUT2D eigenvalue weighted by molar-refractivity contribution is 7.24. The lowest BCUT2D eigenvalue weighted by Crippen LogP contribution is -2.35. The molecule has 0 saturated carbocycles. The van der Waals surface area contributed by atoms with Crippen LogP contribution in [0.25, 0.3) is 31.3 Å². The highest BCUT2D eigenvalue weighted by Crippen LogP contribution is 2.32. The number of nitrogens with zero attached hydrogens (tertiary/aromatic N) is 1. The third kappa shape index (κ3) is 3.60. The summed E-state index contributed by atoms with van der Waals surface area (Å²) in [7, 11) is 1.61. The molecule has 0 unspecified atom stereocenters. The van der Waals surface area contributed by atoms with Crippen LogP contribution < -0.4 is 10.2 Å². The highest BCUT2D eigenvalue weighted by Gasteiger charge is 2.13. The molecule has 1 aliphatic heterocycles. The van der Waals surface area contributed by atoms with Crippen molar-refractivity contribution in [3.8, 4) is 16.9 Å². The van der Waals surface area contributed by atoms with Crippen LogP contribution in [0.5, 0.6) is 5.75 Å². The van der Waals surface area contributed by atoms with E-state index in [2.05, 4.69) is 35.2 Å². The first-order valence-electron chi connectivity index (χ1n) is 10.2. The van der Waals surface area contributed by atoms with Crippen molar-refractivity contribution in [1.82, 2.24) is 4.90 Å². The molecule has 152 valence electrons. The minimum atomic E-state index is 0.0311. The zero-order chi connectivity index (χ0) is 20.5. The molecule has 0 bridgehead atoms. The van der Waals surface area contributed by atoms with E-state index in [1.807, 2.05) is 30.3 Å². The standard InChI is InChI=1S/C25H23NO3S/c1-28-21-3-2-4-22-24(21)25(27)20-10-9-19(15-23(20)30-22)18-7-5-17(6-8-18)16-26-11-13-29-14-12-26/h2-10,15H,11-14,16H2,1H3. The Hall–Kier alpha value is -2.73. The first-order valence-corrected chi connectivity index (χ1v) is 11.0. The largest absolute Gasteiger partial charge is 0.496 e. The highest BCUT2D eigenvalue weighted by atomic mass is 32.1. The number of morpholine rings is 1.